The molecule has 1 aliphatic heterocycles. The molecule has 0 bridgehead atoms. The molecule has 128 valence electrons. The second-order valence-corrected chi connectivity index (χ2v) is 7.66. The quantitative estimate of drug-likeness (QED) is 0.818. The van der Waals surface area contributed by atoms with Gasteiger partial charge in [-0.1, -0.05) is 27.2 Å². The maximum atomic E-state index is 12.0. The first-order chi connectivity index (χ1) is 10.4. The van der Waals surface area contributed by atoms with Crippen molar-refractivity contribution in [1.82, 2.24) is 10.2 Å². The lowest BCUT2D eigenvalue weighted by atomic mass is 9.85. The second kappa shape index (κ2) is 7.64. The van der Waals surface area contributed by atoms with E-state index in [4.69, 9.17) is 4.74 Å². The summed E-state index contributed by atoms with van der Waals surface area (Å²) < 4.78 is 5.30. The Morgan fingerprint density at radius 3 is 2.64 bits per heavy atom. The van der Waals surface area contributed by atoms with Gasteiger partial charge in [-0.25, -0.2) is 4.79 Å². The minimum Gasteiger partial charge on any atom is -0.449 e. The summed E-state index contributed by atoms with van der Waals surface area (Å²) in [5, 5.41) is 13.4. The number of nitrogens with zero attached hydrogens (tertiary/aromatic N) is 1. The summed E-state index contributed by atoms with van der Waals surface area (Å²) in [6, 6.07) is 0.852. The lowest BCUT2D eigenvalue weighted by Crippen LogP contribution is -2.51. The molecule has 1 saturated heterocycles. The Labute approximate surface area is 134 Å². The lowest BCUT2D eigenvalue weighted by molar-refractivity contribution is 0.0754. The van der Waals surface area contributed by atoms with Crippen molar-refractivity contribution in [3.05, 3.63) is 0 Å². The van der Waals surface area contributed by atoms with Crippen LogP contribution in [0.3, 0.4) is 0 Å². The van der Waals surface area contributed by atoms with E-state index in [2.05, 4.69) is 12.2 Å². The van der Waals surface area contributed by atoms with Crippen LogP contribution in [-0.2, 0) is 4.74 Å². The van der Waals surface area contributed by atoms with Crippen LogP contribution in [0.5, 0.6) is 0 Å². The zero-order chi connectivity index (χ0) is 16.2. The molecule has 2 fully saturated rings. The van der Waals surface area contributed by atoms with Crippen LogP contribution in [0.15, 0.2) is 0 Å². The van der Waals surface area contributed by atoms with Crippen molar-refractivity contribution in [2.24, 2.45) is 11.3 Å². The number of aliphatic hydroxyl groups excluding tert-OH is 1. The fourth-order valence-corrected chi connectivity index (χ4v) is 3.55. The maximum Gasteiger partial charge on any atom is 0.409 e. The molecule has 2 rings (SSSR count). The fourth-order valence-electron chi connectivity index (χ4n) is 3.55. The van der Waals surface area contributed by atoms with E-state index in [0.29, 0.717) is 24.6 Å². The SMILES string of the molecule is CC(C)COC(=O)N1CCC(NC2CCCC2(C)CO)CC1. The summed E-state index contributed by atoms with van der Waals surface area (Å²) in [4.78, 5) is 13.8. The van der Waals surface area contributed by atoms with Crippen molar-refractivity contribution in [1.29, 1.82) is 0 Å². The molecule has 0 spiro atoms. The Morgan fingerprint density at radius 1 is 1.36 bits per heavy atom. The van der Waals surface area contributed by atoms with Crippen LogP contribution in [0.4, 0.5) is 4.79 Å². The summed E-state index contributed by atoms with van der Waals surface area (Å²) in [6.45, 7) is 8.54. The number of ether oxygens (including phenoxy) is 1. The average molecular weight is 312 g/mol. The minimum atomic E-state index is -0.173. The molecule has 2 atom stereocenters. The van der Waals surface area contributed by atoms with Gasteiger partial charge in [-0.05, 0) is 31.6 Å². The predicted octanol–water partition coefficient (Wildman–Crippen LogP) is 2.38. The van der Waals surface area contributed by atoms with Crippen molar-refractivity contribution < 1.29 is 14.6 Å². The molecule has 0 aromatic rings. The van der Waals surface area contributed by atoms with Gasteiger partial charge >= 0.3 is 6.09 Å². The smallest absolute Gasteiger partial charge is 0.409 e. The van der Waals surface area contributed by atoms with Gasteiger partial charge in [0.1, 0.15) is 0 Å². The number of hydrogen-bond donors (Lipinski definition) is 2. The standard InChI is InChI=1S/C17H32N2O3/c1-13(2)11-22-16(21)19-9-6-14(7-10-19)18-15-5-4-8-17(15,3)12-20/h13-15,18,20H,4-12H2,1-3H3. The van der Waals surface area contributed by atoms with E-state index >= 15 is 0 Å². The van der Waals surface area contributed by atoms with Gasteiger partial charge in [0.2, 0.25) is 0 Å². The van der Waals surface area contributed by atoms with Gasteiger partial charge in [0.25, 0.3) is 0 Å². The van der Waals surface area contributed by atoms with Gasteiger partial charge < -0.3 is 20.1 Å². The number of likely N-dealkylation sites (tertiary alicyclic amines) is 1. The van der Waals surface area contributed by atoms with Gasteiger partial charge in [0, 0.05) is 37.2 Å². The Kier molecular flexibility index (Phi) is 6.09. The first-order valence-corrected chi connectivity index (χ1v) is 8.73. The van der Waals surface area contributed by atoms with Gasteiger partial charge in [-0.15, -0.1) is 0 Å². The number of carbonyl (C=O) groups is 1. The first-order valence-electron chi connectivity index (χ1n) is 8.73. The number of amides is 1. The number of piperidine rings is 1. The molecular weight excluding hydrogens is 280 g/mol. The van der Waals surface area contributed by atoms with Gasteiger partial charge in [0.05, 0.1) is 6.61 Å². The summed E-state index contributed by atoms with van der Waals surface area (Å²) in [5.41, 5.74) is 0.0212. The zero-order valence-electron chi connectivity index (χ0n) is 14.3. The van der Waals surface area contributed by atoms with Crippen LogP contribution in [0.2, 0.25) is 0 Å². The van der Waals surface area contributed by atoms with Crippen molar-refractivity contribution in [3.8, 4) is 0 Å². The van der Waals surface area contributed by atoms with Crippen molar-refractivity contribution in [2.45, 2.75) is 65.0 Å². The number of aliphatic hydroxyl groups is 1. The molecule has 0 radical (unpaired) electrons. The Bertz CT molecular complexity index is 367. The van der Waals surface area contributed by atoms with Gasteiger partial charge in [-0.2, -0.15) is 0 Å². The van der Waals surface area contributed by atoms with Crippen LogP contribution in [-0.4, -0.2) is 54.5 Å². The minimum absolute atomic E-state index is 0.0212. The van der Waals surface area contributed by atoms with E-state index in [-0.39, 0.29) is 18.1 Å². The van der Waals surface area contributed by atoms with E-state index in [1.807, 2.05) is 18.7 Å². The normalized spacial score (nSPS) is 30.0. The molecule has 1 heterocycles. The number of nitrogens with one attached hydrogen (secondary N) is 1. The van der Waals surface area contributed by atoms with E-state index in [0.717, 1.165) is 38.8 Å². The topological polar surface area (TPSA) is 61.8 Å². The zero-order valence-corrected chi connectivity index (χ0v) is 14.3. The van der Waals surface area contributed by atoms with E-state index in [1.165, 1.54) is 6.42 Å². The molecule has 22 heavy (non-hydrogen) atoms. The van der Waals surface area contributed by atoms with Crippen molar-refractivity contribution >= 4 is 6.09 Å². The van der Waals surface area contributed by atoms with Crippen molar-refractivity contribution in [3.63, 3.8) is 0 Å². The predicted molar refractivity (Wildman–Crippen MR) is 86.7 cm³/mol. The number of hydrogen-bond acceptors (Lipinski definition) is 4. The fraction of sp³-hybridized carbons (Fsp3) is 0.941. The van der Waals surface area contributed by atoms with E-state index in [9.17, 15) is 9.90 Å². The largest absolute Gasteiger partial charge is 0.449 e. The highest BCUT2D eigenvalue weighted by atomic mass is 16.6. The highest BCUT2D eigenvalue weighted by Gasteiger charge is 2.39. The van der Waals surface area contributed by atoms with Crippen LogP contribution in [0, 0.1) is 11.3 Å². The lowest BCUT2D eigenvalue weighted by Gasteiger charge is -2.37. The Balaban J connectivity index is 1.74. The summed E-state index contributed by atoms with van der Waals surface area (Å²) >= 11 is 0. The van der Waals surface area contributed by atoms with Crippen LogP contribution >= 0.6 is 0 Å². The molecule has 1 saturated carbocycles. The first kappa shape index (κ1) is 17.5. The summed E-state index contributed by atoms with van der Waals surface area (Å²) in [7, 11) is 0. The average Bonchev–Trinajstić information content (AvgIpc) is 2.87. The molecule has 1 aliphatic carbocycles. The molecule has 1 amide bonds. The Hall–Kier alpha value is -0.810. The molecule has 5 heteroatoms. The number of rotatable bonds is 5. The molecule has 5 nitrogen and oxygen atoms in total. The van der Waals surface area contributed by atoms with Crippen LogP contribution < -0.4 is 5.32 Å². The van der Waals surface area contributed by atoms with Crippen molar-refractivity contribution in [2.75, 3.05) is 26.3 Å². The molecule has 0 aromatic carbocycles. The summed E-state index contributed by atoms with van der Waals surface area (Å²) in [5.74, 6) is 0.377. The molecule has 2 N–H and O–H groups in total. The number of carbonyl (C=O) groups excluding carboxylic acids is 1. The third kappa shape index (κ3) is 4.35. The van der Waals surface area contributed by atoms with E-state index < -0.39 is 0 Å². The van der Waals surface area contributed by atoms with Crippen LogP contribution in [0.25, 0.3) is 0 Å². The molecule has 2 unspecified atom stereocenters. The highest BCUT2D eigenvalue weighted by molar-refractivity contribution is 5.67. The highest BCUT2D eigenvalue weighted by Crippen LogP contribution is 2.38. The second-order valence-electron chi connectivity index (χ2n) is 7.66. The molecular formula is C17H32N2O3. The third-order valence-electron chi connectivity index (χ3n) is 5.17. The molecule has 0 aromatic heterocycles. The van der Waals surface area contributed by atoms with E-state index in [1.54, 1.807) is 0 Å². The van der Waals surface area contributed by atoms with Gasteiger partial charge in [0.15, 0.2) is 0 Å². The Morgan fingerprint density at radius 2 is 2.05 bits per heavy atom. The molecule has 2 aliphatic rings. The van der Waals surface area contributed by atoms with Gasteiger partial charge in [-0.3, -0.25) is 0 Å². The van der Waals surface area contributed by atoms with Crippen LogP contribution in [0.1, 0.15) is 52.9 Å². The maximum absolute atomic E-state index is 12.0. The third-order valence-corrected chi connectivity index (χ3v) is 5.17. The summed E-state index contributed by atoms with van der Waals surface area (Å²) in [6.07, 6.45) is 5.20. The monoisotopic (exact) mass is 312 g/mol.